The van der Waals surface area contributed by atoms with Crippen LogP contribution in [-0.4, -0.2) is 24.8 Å². The van der Waals surface area contributed by atoms with E-state index in [0.29, 0.717) is 23.5 Å². The molecule has 1 N–H and O–H groups in total. The third-order valence-electron chi connectivity index (χ3n) is 2.70. The predicted octanol–water partition coefficient (Wildman–Crippen LogP) is 2.33. The molecule has 0 saturated carbocycles. The van der Waals surface area contributed by atoms with Gasteiger partial charge in [-0.25, -0.2) is 4.79 Å². The number of carbonyl (C=O) groups is 3. The second-order valence-corrected chi connectivity index (χ2v) is 4.93. The summed E-state index contributed by atoms with van der Waals surface area (Å²) in [5.41, 5.74) is 0.996. The monoisotopic (exact) mass is 289 g/mol. The highest BCUT2D eigenvalue weighted by Gasteiger charge is 2.09. The highest BCUT2D eigenvalue weighted by atomic mass is 16.5. The molecule has 0 aliphatic rings. The lowest BCUT2D eigenvalue weighted by Crippen LogP contribution is -2.17. The van der Waals surface area contributed by atoms with Gasteiger partial charge in [-0.05, 0) is 18.1 Å². The van der Waals surface area contributed by atoms with Crippen molar-refractivity contribution in [2.75, 3.05) is 7.11 Å². The smallest absolute Gasteiger partial charge is 0.331 e. The second kappa shape index (κ2) is 7.99. The van der Waals surface area contributed by atoms with Gasteiger partial charge in [0.15, 0.2) is 5.78 Å². The van der Waals surface area contributed by atoms with Gasteiger partial charge in [-0.15, -0.1) is 0 Å². The number of hydrogen-bond donors (Lipinski definition) is 1. The van der Waals surface area contributed by atoms with Crippen molar-refractivity contribution in [3.63, 3.8) is 0 Å². The molecule has 21 heavy (non-hydrogen) atoms. The molecule has 0 atom stereocenters. The van der Waals surface area contributed by atoms with Gasteiger partial charge in [-0.3, -0.25) is 9.59 Å². The predicted molar refractivity (Wildman–Crippen MR) is 78.8 cm³/mol. The Morgan fingerprint density at radius 2 is 1.71 bits per heavy atom. The Labute approximate surface area is 124 Å². The van der Waals surface area contributed by atoms with E-state index in [-0.39, 0.29) is 11.7 Å². The summed E-state index contributed by atoms with van der Waals surface area (Å²) in [5, 5.41) is 2.44. The molecular formula is C16H19NO4. The minimum atomic E-state index is -0.551. The Morgan fingerprint density at radius 3 is 2.24 bits per heavy atom. The van der Waals surface area contributed by atoms with Crippen LogP contribution >= 0.6 is 0 Å². The first-order valence-electron chi connectivity index (χ1n) is 6.62. The van der Waals surface area contributed by atoms with E-state index in [1.807, 2.05) is 13.8 Å². The van der Waals surface area contributed by atoms with Crippen molar-refractivity contribution >= 4 is 17.7 Å². The Bertz CT molecular complexity index is 544. The quantitative estimate of drug-likeness (QED) is 0.495. The maximum absolute atomic E-state index is 11.9. The largest absolute Gasteiger partial charge is 0.466 e. The van der Waals surface area contributed by atoms with E-state index in [1.165, 1.54) is 13.3 Å². The zero-order chi connectivity index (χ0) is 15.8. The summed E-state index contributed by atoms with van der Waals surface area (Å²) in [4.78, 5) is 34.5. The number of amides is 1. The van der Waals surface area contributed by atoms with Gasteiger partial charge < -0.3 is 10.1 Å². The fourth-order valence-corrected chi connectivity index (χ4v) is 1.63. The minimum Gasteiger partial charge on any atom is -0.466 e. The number of rotatable bonds is 6. The van der Waals surface area contributed by atoms with Gasteiger partial charge in [0, 0.05) is 29.8 Å². The number of nitrogens with one attached hydrogen (secondary N) is 1. The lowest BCUT2D eigenvalue weighted by Gasteiger charge is -2.05. The van der Waals surface area contributed by atoms with Crippen molar-refractivity contribution in [3.8, 4) is 0 Å². The Morgan fingerprint density at radius 1 is 1.14 bits per heavy atom. The van der Waals surface area contributed by atoms with Gasteiger partial charge in [0.05, 0.1) is 7.11 Å². The number of ether oxygens (including phenoxy) is 1. The molecule has 0 saturated heterocycles. The van der Waals surface area contributed by atoms with Crippen LogP contribution in [0.1, 0.15) is 41.0 Å². The van der Waals surface area contributed by atoms with Crippen molar-refractivity contribution < 1.29 is 19.1 Å². The third kappa shape index (κ3) is 5.60. The van der Waals surface area contributed by atoms with Gasteiger partial charge >= 0.3 is 5.97 Å². The Kier molecular flexibility index (Phi) is 6.33. The van der Waals surface area contributed by atoms with E-state index < -0.39 is 5.97 Å². The summed E-state index contributed by atoms with van der Waals surface area (Å²) in [6.45, 7) is 3.96. The van der Waals surface area contributed by atoms with Gasteiger partial charge in [0.1, 0.15) is 0 Å². The molecule has 0 fully saturated rings. The molecule has 0 radical (unpaired) electrons. The topological polar surface area (TPSA) is 72.5 Å². The van der Waals surface area contributed by atoms with Crippen LogP contribution in [0.3, 0.4) is 0 Å². The molecule has 0 unspecified atom stereocenters. The molecule has 0 aliphatic carbocycles. The average Bonchev–Trinajstić information content (AvgIpc) is 2.46. The third-order valence-corrected chi connectivity index (χ3v) is 2.70. The summed E-state index contributed by atoms with van der Waals surface area (Å²) < 4.78 is 4.40. The van der Waals surface area contributed by atoms with Crippen LogP contribution in [0.2, 0.25) is 0 Å². The van der Waals surface area contributed by atoms with Crippen LogP contribution in [-0.2, 0) is 9.53 Å². The fourth-order valence-electron chi connectivity index (χ4n) is 1.63. The molecule has 0 aliphatic heterocycles. The molecule has 5 nitrogen and oxygen atoms in total. The maximum Gasteiger partial charge on any atom is 0.331 e. The van der Waals surface area contributed by atoms with Crippen molar-refractivity contribution in [1.82, 2.24) is 5.32 Å². The number of hydrogen-bond acceptors (Lipinski definition) is 4. The number of Topliss-reactive ketones (excluding diaryl/α,β-unsaturated/α-hetero) is 1. The molecule has 1 aromatic carbocycles. The van der Waals surface area contributed by atoms with Crippen molar-refractivity contribution in [3.05, 3.63) is 47.7 Å². The first-order chi connectivity index (χ1) is 9.93. The van der Waals surface area contributed by atoms with Crippen LogP contribution in [0, 0.1) is 5.92 Å². The maximum atomic E-state index is 11.9. The highest BCUT2D eigenvalue weighted by molar-refractivity contribution is 5.99. The lowest BCUT2D eigenvalue weighted by molar-refractivity contribution is -0.134. The average molecular weight is 289 g/mol. The lowest BCUT2D eigenvalue weighted by atomic mass is 10.0. The van der Waals surface area contributed by atoms with E-state index in [1.54, 1.807) is 24.3 Å². The number of carbonyl (C=O) groups excluding carboxylic acids is 3. The molecule has 1 rings (SSSR count). The van der Waals surface area contributed by atoms with E-state index >= 15 is 0 Å². The summed E-state index contributed by atoms with van der Waals surface area (Å²) in [6, 6.07) is 6.41. The minimum absolute atomic E-state index is 0.0579. The normalized spacial score (nSPS) is 10.7. The molecule has 1 amide bonds. The van der Waals surface area contributed by atoms with Crippen LogP contribution in [0.5, 0.6) is 0 Å². The number of benzene rings is 1. The molecular weight excluding hydrogens is 270 g/mol. The number of esters is 1. The van der Waals surface area contributed by atoms with Crippen LogP contribution in [0.15, 0.2) is 36.5 Å². The van der Waals surface area contributed by atoms with Crippen molar-refractivity contribution in [2.24, 2.45) is 5.92 Å². The molecule has 112 valence electrons. The first kappa shape index (κ1) is 16.6. The van der Waals surface area contributed by atoms with E-state index in [2.05, 4.69) is 10.1 Å². The second-order valence-electron chi connectivity index (χ2n) is 4.93. The molecule has 0 heterocycles. The van der Waals surface area contributed by atoms with E-state index in [0.717, 1.165) is 6.08 Å². The molecule has 1 aromatic rings. The van der Waals surface area contributed by atoms with E-state index in [9.17, 15) is 14.4 Å². The Balaban J connectivity index is 2.65. The highest BCUT2D eigenvalue weighted by Crippen LogP contribution is 2.11. The van der Waals surface area contributed by atoms with Crippen LogP contribution in [0.4, 0.5) is 0 Å². The molecule has 0 aromatic heterocycles. The van der Waals surface area contributed by atoms with Gasteiger partial charge in [-0.2, -0.15) is 0 Å². The fraction of sp³-hybridized carbons (Fsp3) is 0.312. The standard InChI is InChI=1S/C16H19NO4/c1-11(2)10-14(18)12-4-6-13(7-5-12)16(20)17-9-8-15(19)21-3/h4-9,11H,10H2,1-3H3,(H,17,20). The summed E-state index contributed by atoms with van der Waals surface area (Å²) in [5.74, 6) is -0.561. The number of methoxy groups -OCH3 is 1. The van der Waals surface area contributed by atoms with E-state index in [4.69, 9.17) is 0 Å². The van der Waals surface area contributed by atoms with Gasteiger partial charge in [0.25, 0.3) is 5.91 Å². The molecule has 5 heteroatoms. The molecule has 0 spiro atoms. The van der Waals surface area contributed by atoms with Gasteiger partial charge in [-0.1, -0.05) is 26.0 Å². The zero-order valence-electron chi connectivity index (χ0n) is 12.4. The SMILES string of the molecule is COC(=O)C=CNC(=O)c1ccc(C(=O)CC(C)C)cc1. The van der Waals surface area contributed by atoms with Gasteiger partial charge in [0.2, 0.25) is 0 Å². The Hall–Kier alpha value is -2.43. The van der Waals surface area contributed by atoms with Crippen molar-refractivity contribution in [1.29, 1.82) is 0 Å². The first-order valence-corrected chi connectivity index (χ1v) is 6.62. The molecule has 0 bridgehead atoms. The number of ketones is 1. The summed E-state index contributed by atoms with van der Waals surface area (Å²) >= 11 is 0. The van der Waals surface area contributed by atoms with Crippen molar-refractivity contribution in [2.45, 2.75) is 20.3 Å². The summed E-state index contributed by atoms with van der Waals surface area (Å²) in [7, 11) is 1.25. The summed E-state index contributed by atoms with van der Waals surface area (Å²) in [6.07, 6.45) is 2.80. The van der Waals surface area contributed by atoms with Crippen LogP contribution in [0.25, 0.3) is 0 Å². The van der Waals surface area contributed by atoms with Crippen LogP contribution < -0.4 is 5.32 Å². The zero-order valence-corrected chi connectivity index (χ0v) is 12.4.